The maximum absolute atomic E-state index is 14.2. The topological polar surface area (TPSA) is 54.5 Å². The summed E-state index contributed by atoms with van der Waals surface area (Å²) in [5, 5.41) is 5.11. The highest BCUT2D eigenvalue weighted by atomic mass is 32.1. The van der Waals surface area contributed by atoms with Gasteiger partial charge in [0.05, 0.1) is 23.7 Å². The molecule has 1 amide bonds. The number of hydrogen-bond donors (Lipinski definition) is 1. The number of benzene rings is 1. The molecule has 1 unspecified atom stereocenters. The Bertz CT molecular complexity index is 989. The van der Waals surface area contributed by atoms with Gasteiger partial charge in [0.15, 0.2) is 0 Å². The van der Waals surface area contributed by atoms with Gasteiger partial charge in [0.2, 0.25) is 0 Å². The number of nitrogens with zero attached hydrogens (tertiary/aromatic N) is 2. The van der Waals surface area contributed by atoms with E-state index >= 15 is 0 Å². The van der Waals surface area contributed by atoms with Crippen molar-refractivity contribution < 1.29 is 13.9 Å². The Labute approximate surface area is 185 Å². The largest absolute Gasteiger partial charge is 0.497 e. The van der Waals surface area contributed by atoms with Crippen molar-refractivity contribution >= 4 is 17.2 Å². The van der Waals surface area contributed by atoms with Crippen LogP contribution < -0.4 is 10.1 Å². The average Bonchev–Trinajstić information content (AvgIpc) is 3.35. The maximum atomic E-state index is 14.2. The van der Waals surface area contributed by atoms with Crippen LogP contribution in [0.3, 0.4) is 0 Å². The average molecular weight is 440 g/mol. The van der Waals surface area contributed by atoms with Crippen molar-refractivity contribution in [1.82, 2.24) is 15.2 Å². The summed E-state index contributed by atoms with van der Waals surface area (Å²) in [6.07, 6.45) is 3.56. The minimum atomic E-state index is -0.211. The number of pyridine rings is 1. The molecule has 0 radical (unpaired) electrons. The van der Waals surface area contributed by atoms with Crippen LogP contribution in [0.4, 0.5) is 4.39 Å². The van der Waals surface area contributed by atoms with Crippen molar-refractivity contribution in [1.29, 1.82) is 0 Å². The van der Waals surface area contributed by atoms with Crippen LogP contribution in [0.5, 0.6) is 5.75 Å². The van der Waals surface area contributed by atoms with Gasteiger partial charge in [-0.3, -0.25) is 14.7 Å². The highest BCUT2D eigenvalue weighted by molar-refractivity contribution is 7.12. The van der Waals surface area contributed by atoms with Crippen LogP contribution in [0.2, 0.25) is 0 Å². The third kappa shape index (κ3) is 5.29. The Morgan fingerprint density at radius 3 is 2.77 bits per heavy atom. The van der Waals surface area contributed by atoms with Gasteiger partial charge in [0.1, 0.15) is 11.6 Å². The lowest BCUT2D eigenvalue weighted by molar-refractivity contribution is 0.0892. The summed E-state index contributed by atoms with van der Waals surface area (Å²) in [6, 6.07) is 14.2. The first kappa shape index (κ1) is 21.5. The first-order valence-electron chi connectivity index (χ1n) is 10.4. The molecule has 1 aliphatic heterocycles. The zero-order chi connectivity index (χ0) is 21.6. The van der Waals surface area contributed by atoms with Crippen LogP contribution in [0, 0.1) is 11.7 Å². The molecule has 0 aliphatic carbocycles. The van der Waals surface area contributed by atoms with Crippen LogP contribution in [0.15, 0.2) is 60.1 Å². The van der Waals surface area contributed by atoms with Crippen LogP contribution in [0.1, 0.15) is 39.8 Å². The predicted octanol–water partition coefficient (Wildman–Crippen LogP) is 4.67. The number of halogens is 1. The fourth-order valence-electron chi connectivity index (χ4n) is 4.10. The molecule has 2 aromatic heterocycles. The molecule has 1 aromatic carbocycles. The van der Waals surface area contributed by atoms with E-state index in [1.165, 1.54) is 17.4 Å². The second kappa shape index (κ2) is 10.0. The van der Waals surface area contributed by atoms with Crippen molar-refractivity contribution in [2.75, 3.05) is 20.2 Å². The van der Waals surface area contributed by atoms with Crippen LogP contribution in [0.25, 0.3) is 0 Å². The van der Waals surface area contributed by atoms with E-state index in [1.807, 2.05) is 35.7 Å². The number of ether oxygens (including phenoxy) is 1. The molecule has 5 nitrogen and oxygen atoms in total. The highest BCUT2D eigenvalue weighted by Crippen LogP contribution is 2.31. The van der Waals surface area contributed by atoms with Gasteiger partial charge in [0, 0.05) is 18.3 Å². The number of thiophene rings is 1. The van der Waals surface area contributed by atoms with E-state index in [0.717, 1.165) is 31.6 Å². The quantitative estimate of drug-likeness (QED) is 0.581. The summed E-state index contributed by atoms with van der Waals surface area (Å²) < 4.78 is 19.5. The molecule has 4 rings (SSSR count). The molecule has 1 fully saturated rings. The maximum Gasteiger partial charge on any atom is 0.261 e. The second-order valence-corrected chi connectivity index (χ2v) is 8.70. The molecule has 0 bridgehead atoms. The van der Waals surface area contributed by atoms with Gasteiger partial charge in [0.25, 0.3) is 5.91 Å². The van der Waals surface area contributed by atoms with Crippen molar-refractivity contribution in [2.24, 2.45) is 5.92 Å². The molecule has 162 valence electrons. The van der Waals surface area contributed by atoms with E-state index in [2.05, 4.69) is 15.2 Å². The van der Waals surface area contributed by atoms with E-state index in [9.17, 15) is 9.18 Å². The molecule has 31 heavy (non-hydrogen) atoms. The monoisotopic (exact) mass is 439 g/mol. The van der Waals surface area contributed by atoms with Crippen molar-refractivity contribution in [3.05, 3.63) is 82.1 Å². The summed E-state index contributed by atoms with van der Waals surface area (Å²) in [5.74, 6) is 0.659. The molecule has 1 aliphatic rings. The number of methoxy groups -OCH3 is 1. The number of likely N-dealkylation sites (tertiary alicyclic amines) is 1. The number of aromatic nitrogens is 1. The molecular formula is C24H26FN3O2S. The summed E-state index contributed by atoms with van der Waals surface area (Å²) in [4.78, 5) is 20.2. The number of rotatable bonds is 7. The SMILES string of the molecule is COc1ccc(F)c(CN2CCC(C(NC(=O)c3cccs3)c3ccccn3)CC2)c1. The molecule has 1 atom stereocenters. The van der Waals surface area contributed by atoms with Gasteiger partial charge < -0.3 is 10.1 Å². The lowest BCUT2D eigenvalue weighted by Crippen LogP contribution is -2.40. The lowest BCUT2D eigenvalue weighted by atomic mass is 9.87. The molecule has 0 saturated carbocycles. The second-order valence-electron chi connectivity index (χ2n) is 7.75. The minimum absolute atomic E-state index is 0.0634. The summed E-state index contributed by atoms with van der Waals surface area (Å²) in [6.45, 7) is 2.21. The lowest BCUT2D eigenvalue weighted by Gasteiger charge is -2.36. The van der Waals surface area contributed by atoms with E-state index < -0.39 is 0 Å². The Balaban J connectivity index is 1.43. The molecule has 0 spiro atoms. The summed E-state index contributed by atoms with van der Waals surface area (Å²) >= 11 is 1.43. The standard InChI is InChI=1S/C24H26FN3O2S/c1-30-19-7-8-20(25)18(15-19)16-28-12-9-17(10-13-28)23(21-5-2-3-11-26-21)27-24(29)22-6-4-14-31-22/h2-8,11,14-15,17,23H,9-10,12-13,16H2,1H3,(H,27,29). The predicted molar refractivity (Wildman–Crippen MR) is 120 cm³/mol. The number of amides is 1. The fraction of sp³-hybridized carbons (Fsp3) is 0.333. The normalized spacial score (nSPS) is 16.1. The van der Waals surface area contributed by atoms with Gasteiger partial charge in [-0.15, -0.1) is 11.3 Å². The van der Waals surface area contributed by atoms with E-state index in [0.29, 0.717) is 22.7 Å². The molecule has 3 aromatic rings. The first-order valence-corrected chi connectivity index (χ1v) is 11.3. The van der Waals surface area contributed by atoms with Crippen molar-refractivity contribution in [2.45, 2.75) is 25.4 Å². The Hall–Kier alpha value is -2.77. The molecular weight excluding hydrogens is 413 g/mol. The van der Waals surface area contributed by atoms with E-state index in [1.54, 1.807) is 25.4 Å². The highest BCUT2D eigenvalue weighted by Gasteiger charge is 2.30. The fourth-order valence-corrected chi connectivity index (χ4v) is 4.72. The Morgan fingerprint density at radius 2 is 2.10 bits per heavy atom. The van der Waals surface area contributed by atoms with Crippen molar-refractivity contribution in [3.8, 4) is 5.75 Å². The molecule has 7 heteroatoms. The van der Waals surface area contributed by atoms with Crippen molar-refractivity contribution in [3.63, 3.8) is 0 Å². The third-order valence-corrected chi connectivity index (χ3v) is 6.66. The Kier molecular flexibility index (Phi) is 6.94. The number of hydrogen-bond acceptors (Lipinski definition) is 5. The number of nitrogens with one attached hydrogen (secondary N) is 1. The minimum Gasteiger partial charge on any atom is -0.497 e. The van der Waals surface area contributed by atoms with E-state index in [4.69, 9.17) is 4.74 Å². The van der Waals surface area contributed by atoms with Gasteiger partial charge in [-0.25, -0.2) is 4.39 Å². The Morgan fingerprint density at radius 1 is 1.26 bits per heavy atom. The van der Waals surface area contributed by atoms with Crippen LogP contribution in [-0.4, -0.2) is 36.0 Å². The van der Waals surface area contributed by atoms with Crippen LogP contribution in [-0.2, 0) is 6.54 Å². The van der Waals surface area contributed by atoms with Gasteiger partial charge in [-0.05, 0) is 73.6 Å². The summed E-state index contributed by atoms with van der Waals surface area (Å²) in [5.41, 5.74) is 1.52. The first-order chi connectivity index (χ1) is 15.1. The van der Waals surface area contributed by atoms with Crippen LogP contribution >= 0.6 is 11.3 Å². The molecule has 1 N–H and O–H groups in total. The van der Waals surface area contributed by atoms with Gasteiger partial charge in [-0.2, -0.15) is 0 Å². The summed E-state index contributed by atoms with van der Waals surface area (Å²) in [7, 11) is 1.59. The smallest absolute Gasteiger partial charge is 0.261 e. The van der Waals surface area contributed by atoms with Gasteiger partial charge in [-0.1, -0.05) is 12.1 Å². The third-order valence-electron chi connectivity index (χ3n) is 5.79. The van der Waals surface area contributed by atoms with Gasteiger partial charge >= 0.3 is 0 Å². The molecule has 1 saturated heterocycles. The number of carbonyl (C=O) groups excluding carboxylic acids is 1. The number of carbonyl (C=O) groups is 1. The zero-order valence-electron chi connectivity index (χ0n) is 17.5. The van der Waals surface area contributed by atoms with E-state index in [-0.39, 0.29) is 23.7 Å². The molecule has 3 heterocycles. The zero-order valence-corrected chi connectivity index (χ0v) is 18.3. The number of piperidine rings is 1.